The lowest BCUT2D eigenvalue weighted by atomic mass is 9.94. The number of amides is 2. The smallest absolute Gasteiger partial charge is 0.235 e. The van der Waals surface area contributed by atoms with Crippen molar-refractivity contribution in [2.75, 3.05) is 0 Å². The van der Waals surface area contributed by atoms with Gasteiger partial charge in [-0.3, -0.25) is 19.9 Å². The normalized spacial score (nSPS) is 19.1. The lowest BCUT2D eigenvalue weighted by molar-refractivity contribution is -0.134. The topological polar surface area (TPSA) is 59.1 Å². The van der Waals surface area contributed by atoms with Crippen LogP contribution in [0.15, 0.2) is 18.3 Å². The van der Waals surface area contributed by atoms with Crippen LogP contribution in [0.1, 0.15) is 43.9 Å². The summed E-state index contributed by atoms with van der Waals surface area (Å²) >= 11 is 0. The first kappa shape index (κ1) is 13.4. The van der Waals surface area contributed by atoms with Crippen LogP contribution in [0.2, 0.25) is 0 Å². The Morgan fingerprint density at radius 1 is 1.29 bits per heavy atom. The molecular formula is C13H18N2O2. The zero-order chi connectivity index (χ0) is 12.8. The van der Waals surface area contributed by atoms with Crippen molar-refractivity contribution in [1.29, 1.82) is 0 Å². The molecule has 2 heterocycles. The first-order valence-electron chi connectivity index (χ1n) is 5.93. The number of nitrogens with one attached hydrogen (secondary N) is 1. The summed E-state index contributed by atoms with van der Waals surface area (Å²) in [5.41, 5.74) is 1.80. The van der Waals surface area contributed by atoms with Crippen molar-refractivity contribution < 1.29 is 9.59 Å². The summed E-state index contributed by atoms with van der Waals surface area (Å²) in [6.07, 6.45) is 2.69. The van der Waals surface area contributed by atoms with Crippen molar-refractivity contribution in [2.24, 2.45) is 0 Å². The molecule has 4 nitrogen and oxygen atoms in total. The van der Waals surface area contributed by atoms with Crippen molar-refractivity contribution in [2.45, 2.75) is 39.5 Å². The molecule has 4 heteroatoms. The second-order valence-corrected chi connectivity index (χ2v) is 3.76. The molecule has 0 saturated carbocycles. The molecule has 0 aliphatic carbocycles. The Hall–Kier alpha value is -1.71. The highest BCUT2D eigenvalue weighted by atomic mass is 16.2. The third-order valence-corrected chi connectivity index (χ3v) is 2.53. The van der Waals surface area contributed by atoms with Gasteiger partial charge in [-0.25, -0.2) is 0 Å². The number of carbonyl (C=O) groups is 2. The lowest BCUT2D eigenvalue weighted by Gasteiger charge is -2.20. The van der Waals surface area contributed by atoms with E-state index in [1.807, 2.05) is 32.9 Å². The van der Waals surface area contributed by atoms with Crippen LogP contribution in [0.25, 0.3) is 0 Å². The minimum Gasteiger partial charge on any atom is -0.296 e. The molecule has 1 saturated heterocycles. The zero-order valence-electron chi connectivity index (χ0n) is 10.5. The van der Waals surface area contributed by atoms with E-state index in [0.29, 0.717) is 12.8 Å². The molecule has 1 aliphatic heterocycles. The molecule has 0 spiro atoms. The zero-order valence-corrected chi connectivity index (χ0v) is 10.5. The monoisotopic (exact) mass is 234 g/mol. The van der Waals surface area contributed by atoms with Gasteiger partial charge in [0.05, 0.1) is 11.6 Å². The van der Waals surface area contributed by atoms with Gasteiger partial charge in [0.1, 0.15) is 0 Å². The van der Waals surface area contributed by atoms with Crippen LogP contribution in [0, 0.1) is 6.92 Å². The maximum absolute atomic E-state index is 11.5. The highest BCUT2D eigenvalue weighted by molar-refractivity contribution is 6.00. The number of rotatable bonds is 1. The van der Waals surface area contributed by atoms with E-state index in [9.17, 15) is 9.59 Å². The van der Waals surface area contributed by atoms with Crippen LogP contribution in [0.5, 0.6) is 0 Å². The molecule has 0 aromatic carbocycles. The largest absolute Gasteiger partial charge is 0.296 e. The summed E-state index contributed by atoms with van der Waals surface area (Å²) in [6, 6.07) is 3.77. The Balaban J connectivity index is 0.000000686. The summed E-state index contributed by atoms with van der Waals surface area (Å²) in [5.74, 6) is -0.700. The first-order chi connectivity index (χ1) is 8.16. The van der Waals surface area contributed by atoms with Gasteiger partial charge in [-0.05, 0) is 25.0 Å². The molecule has 2 amide bonds. The Labute approximate surface area is 101 Å². The Morgan fingerprint density at radius 2 is 2.00 bits per heavy atom. The first-order valence-corrected chi connectivity index (χ1v) is 5.93. The molecule has 1 unspecified atom stereocenters. The number of aromatic nitrogens is 1. The maximum atomic E-state index is 11.5. The van der Waals surface area contributed by atoms with Gasteiger partial charge in [0.2, 0.25) is 11.8 Å². The van der Waals surface area contributed by atoms with Crippen molar-refractivity contribution in [3.05, 3.63) is 29.6 Å². The summed E-state index contributed by atoms with van der Waals surface area (Å²) < 4.78 is 0. The summed E-state index contributed by atoms with van der Waals surface area (Å²) in [6.45, 7) is 5.95. The second-order valence-electron chi connectivity index (χ2n) is 3.76. The van der Waals surface area contributed by atoms with E-state index >= 15 is 0 Å². The Bertz CT molecular complexity index is 398. The molecule has 92 valence electrons. The molecule has 1 fully saturated rings. The number of aryl methyl sites for hydroxylation is 1. The fourth-order valence-electron chi connectivity index (χ4n) is 1.66. The van der Waals surface area contributed by atoms with Gasteiger partial charge in [0, 0.05) is 12.6 Å². The van der Waals surface area contributed by atoms with Crippen molar-refractivity contribution in [1.82, 2.24) is 10.3 Å². The molecule has 0 bridgehead atoms. The molecule has 2 rings (SSSR count). The van der Waals surface area contributed by atoms with E-state index in [-0.39, 0.29) is 17.7 Å². The molecule has 0 radical (unpaired) electrons. The molecule has 1 aromatic rings. The quantitative estimate of drug-likeness (QED) is 0.755. The fourth-order valence-corrected chi connectivity index (χ4v) is 1.66. The predicted octanol–water partition coefficient (Wildman–Crippen LogP) is 1.94. The number of hydrogen-bond acceptors (Lipinski definition) is 3. The third kappa shape index (κ3) is 3.37. The van der Waals surface area contributed by atoms with E-state index in [1.165, 1.54) is 0 Å². The van der Waals surface area contributed by atoms with Crippen LogP contribution >= 0.6 is 0 Å². The Kier molecular flexibility index (Phi) is 4.82. The highest BCUT2D eigenvalue weighted by Crippen LogP contribution is 2.22. The molecule has 1 aliphatic rings. The van der Waals surface area contributed by atoms with E-state index in [0.717, 1.165) is 11.3 Å². The van der Waals surface area contributed by atoms with Gasteiger partial charge in [-0.1, -0.05) is 19.9 Å². The molecular weight excluding hydrogens is 216 g/mol. The number of piperidine rings is 1. The number of hydrogen-bond donors (Lipinski definition) is 1. The van der Waals surface area contributed by atoms with Gasteiger partial charge in [0.15, 0.2) is 0 Å². The van der Waals surface area contributed by atoms with Crippen LogP contribution in [0.4, 0.5) is 0 Å². The fraction of sp³-hybridized carbons (Fsp3) is 0.462. The van der Waals surface area contributed by atoms with Crippen LogP contribution in [-0.2, 0) is 9.59 Å². The van der Waals surface area contributed by atoms with Crippen LogP contribution < -0.4 is 5.32 Å². The lowest BCUT2D eigenvalue weighted by Crippen LogP contribution is -2.39. The van der Waals surface area contributed by atoms with Gasteiger partial charge in [-0.15, -0.1) is 0 Å². The number of pyridine rings is 1. The summed E-state index contributed by atoms with van der Waals surface area (Å²) in [4.78, 5) is 26.7. The van der Waals surface area contributed by atoms with Crippen molar-refractivity contribution in [3.8, 4) is 0 Å². The maximum Gasteiger partial charge on any atom is 0.235 e. The number of nitrogens with zero attached hydrogens (tertiary/aromatic N) is 1. The average Bonchev–Trinajstić information content (AvgIpc) is 2.33. The highest BCUT2D eigenvalue weighted by Gasteiger charge is 2.28. The molecule has 1 N–H and O–H groups in total. The molecule has 17 heavy (non-hydrogen) atoms. The predicted molar refractivity (Wildman–Crippen MR) is 65.4 cm³/mol. The van der Waals surface area contributed by atoms with Gasteiger partial charge in [0.25, 0.3) is 0 Å². The van der Waals surface area contributed by atoms with Crippen molar-refractivity contribution in [3.63, 3.8) is 0 Å². The molecule has 1 atom stereocenters. The molecule has 1 aromatic heterocycles. The van der Waals surface area contributed by atoms with Crippen molar-refractivity contribution >= 4 is 11.8 Å². The number of imide groups is 1. The van der Waals surface area contributed by atoms with Gasteiger partial charge >= 0.3 is 0 Å². The van der Waals surface area contributed by atoms with E-state index in [2.05, 4.69) is 10.3 Å². The average molecular weight is 234 g/mol. The summed E-state index contributed by atoms with van der Waals surface area (Å²) in [5, 5.41) is 2.32. The second kappa shape index (κ2) is 6.13. The van der Waals surface area contributed by atoms with Gasteiger partial charge in [-0.2, -0.15) is 0 Å². The third-order valence-electron chi connectivity index (χ3n) is 2.53. The summed E-state index contributed by atoms with van der Waals surface area (Å²) in [7, 11) is 0. The van der Waals surface area contributed by atoms with Crippen LogP contribution in [0.3, 0.4) is 0 Å². The van der Waals surface area contributed by atoms with E-state index in [4.69, 9.17) is 0 Å². The minimum atomic E-state index is -0.275. The van der Waals surface area contributed by atoms with E-state index in [1.54, 1.807) is 6.20 Å². The van der Waals surface area contributed by atoms with E-state index < -0.39 is 0 Å². The standard InChI is InChI=1S/C11H12N2O2.C2H6/c1-7-2-4-9(12-6-7)8-3-5-10(14)13-11(8)15;1-2/h2,4,6,8H,3,5H2,1H3,(H,13,14,15);1-2H3. The minimum absolute atomic E-state index is 0.191. The van der Waals surface area contributed by atoms with Crippen LogP contribution in [-0.4, -0.2) is 16.8 Å². The SMILES string of the molecule is CC.Cc1ccc(C2CCC(=O)NC2=O)nc1. The number of carbonyl (C=O) groups excluding carboxylic acids is 2. The Morgan fingerprint density at radius 3 is 2.53 bits per heavy atom. The van der Waals surface area contributed by atoms with Gasteiger partial charge < -0.3 is 0 Å².